The molecule has 7 heteroatoms. The number of nitrogens with one attached hydrogen (secondary N) is 1. The summed E-state index contributed by atoms with van der Waals surface area (Å²) in [6, 6.07) is 0.0787. The largest absolute Gasteiger partial charge is 0.477 e. The molecule has 2 unspecified atom stereocenters. The van der Waals surface area contributed by atoms with E-state index in [1.807, 2.05) is 13.2 Å². The summed E-state index contributed by atoms with van der Waals surface area (Å²) >= 11 is 1.65. The van der Waals surface area contributed by atoms with Gasteiger partial charge in [-0.15, -0.1) is 0 Å². The molecule has 0 aromatic heterocycles. The van der Waals surface area contributed by atoms with Gasteiger partial charge in [0.1, 0.15) is 0 Å². The third kappa shape index (κ3) is 3.92. The van der Waals surface area contributed by atoms with Gasteiger partial charge in [0.25, 0.3) is 5.91 Å². The van der Waals surface area contributed by atoms with Gasteiger partial charge in [-0.1, -0.05) is 12.1 Å². The lowest BCUT2D eigenvalue weighted by Crippen LogP contribution is -2.42. The van der Waals surface area contributed by atoms with Crippen LogP contribution in [0.15, 0.2) is 5.16 Å². The number of carboxylic acid groups (broad SMARTS) is 1. The van der Waals surface area contributed by atoms with Crippen LogP contribution in [0.4, 0.5) is 0 Å². The number of hydrogen-bond donors (Lipinski definition) is 2. The summed E-state index contributed by atoms with van der Waals surface area (Å²) in [5, 5.41) is 14.9. The topological polar surface area (TPSA) is 88.0 Å². The molecule has 0 saturated heterocycles. The molecule has 1 aliphatic rings. The standard InChI is InChI=1S/C10H16N2O4S/c1-3-6(5-17-2)11-9(13)8-4-7(10(14)15)12-16-8/h6,8H,3-5H2,1-2H3,(H,11,13)(H,14,15). The lowest BCUT2D eigenvalue weighted by atomic mass is 10.1. The summed E-state index contributed by atoms with van der Waals surface area (Å²) in [5.41, 5.74) is -0.108. The zero-order chi connectivity index (χ0) is 12.8. The second-order valence-corrected chi connectivity index (χ2v) is 4.62. The van der Waals surface area contributed by atoms with Crippen LogP contribution in [0.2, 0.25) is 0 Å². The van der Waals surface area contributed by atoms with Crippen molar-refractivity contribution >= 4 is 29.4 Å². The first-order chi connectivity index (χ1) is 8.08. The van der Waals surface area contributed by atoms with E-state index in [1.165, 1.54) is 0 Å². The molecule has 0 aromatic carbocycles. The Kier molecular flexibility index (Phi) is 5.27. The summed E-state index contributed by atoms with van der Waals surface area (Å²) < 4.78 is 0. The zero-order valence-electron chi connectivity index (χ0n) is 9.80. The average molecular weight is 260 g/mol. The summed E-state index contributed by atoms with van der Waals surface area (Å²) in [7, 11) is 0. The molecule has 0 aromatic rings. The number of thioether (sulfide) groups is 1. The highest BCUT2D eigenvalue weighted by atomic mass is 32.2. The fourth-order valence-electron chi connectivity index (χ4n) is 1.40. The predicted octanol–water partition coefficient (Wildman–Crippen LogP) is 0.474. The van der Waals surface area contributed by atoms with Crippen molar-refractivity contribution < 1.29 is 19.5 Å². The van der Waals surface area contributed by atoms with E-state index in [2.05, 4.69) is 10.5 Å². The van der Waals surface area contributed by atoms with Crippen LogP contribution < -0.4 is 5.32 Å². The Morgan fingerprint density at radius 1 is 1.71 bits per heavy atom. The van der Waals surface area contributed by atoms with Crippen molar-refractivity contribution in [1.29, 1.82) is 0 Å². The Balaban J connectivity index is 2.43. The van der Waals surface area contributed by atoms with Crippen molar-refractivity contribution in [3.05, 3.63) is 0 Å². The van der Waals surface area contributed by atoms with Crippen LogP contribution in [-0.2, 0) is 14.4 Å². The number of oxime groups is 1. The van der Waals surface area contributed by atoms with Crippen LogP contribution in [0.25, 0.3) is 0 Å². The van der Waals surface area contributed by atoms with Crippen LogP contribution in [0.5, 0.6) is 0 Å². The minimum Gasteiger partial charge on any atom is -0.477 e. The monoisotopic (exact) mass is 260 g/mol. The van der Waals surface area contributed by atoms with Gasteiger partial charge in [0.2, 0.25) is 6.10 Å². The third-order valence-corrected chi connectivity index (χ3v) is 3.15. The van der Waals surface area contributed by atoms with Gasteiger partial charge in [0.05, 0.1) is 0 Å². The van der Waals surface area contributed by atoms with Gasteiger partial charge < -0.3 is 15.3 Å². The molecule has 0 radical (unpaired) electrons. The first-order valence-electron chi connectivity index (χ1n) is 5.33. The molecule has 6 nitrogen and oxygen atoms in total. The lowest BCUT2D eigenvalue weighted by molar-refractivity contribution is -0.131. The highest BCUT2D eigenvalue weighted by Crippen LogP contribution is 2.12. The molecule has 0 aliphatic carbocycles. The highest BCUT2D eigenvalue weighted by Gasteiger charge is 2.32. The molecular weight excluding hydrogens is 244 g/mol. The summed E-state index contributed by atoms with van der Waals surface area (Å²) in [6.07, 6.45) is 2.01. The minimum atomic E-state index is -1.14. The number of carbonyl (C=O) groups is 2. The second kappa shape index (κ2) is 6.48. The summed E-state index contributed by atoms with van der Waals surface area (Å²) in [5.74, 6) is -0.621. The van der Waals surface area contributed by atoms with Crippen LogP contribution in [0.1, 0.15) is 19.8 Å². The number of nitrogens with zero attached hydrogens (tertiary/aromatic N) is 1. The van der Waals surface area contributed by atoms with Crippen molar-refractivity contribution in [2.45, 2.75) is 31.9 Å². The molecule has 96 valence electrons. The van der Waals surface area contributed by atoms with Crippen LogP contribution in [-0.4, -0.2) is 46.8 Å². The number of aliphatic carboxylic acids is 1. The Morgan fingerprint density at radius 3 is 2.88 bits per heavy atom. The Labute approximate surface area is 104 Å². The first-order valence-corrected chi connectivity index (χ1v) is 6.73. The molecular formula is C10H16N2O4S. The van der Waals surface area contributed by atoms with E-state index in [9.17, 15) is 9.59 Å². The molecule has 0 saturated carbocycles. The molecule has 1 amide bonds. The summed E-state index contributed by atoms with van der Waals surface area (Å²) in [6.45, 7) is 1.98. The van der Waals surface area contributed by atoms with E-state index in [0.29, 0.717) is 0 Å². The third-order valence-electron chi connectivity index (χ3n) is 2.42. The van der Waals surface area contributed by atoms with Gasteiger partial charge in [0, 0.05) is 18.2 Å². The highest BCUT2D eigenvalue weighted by molar-refractivity contribution is 7.98. The quantitative estimate of drug-likeness (QED) is 0.725. The lowest BCUT2D eigenvalue weighted by Gasteiger charge is -2.17. The van der Waals surface area contributed by atoms with Crippen molar-refractivity contribution in [3.63, 3.8) is 0 Å². The first kappa shape index (κ1) is 13.8. The van der Waals surface area contributed by atoms with E-state index in [1.54, 1.807) is 11.8 Å². The van der Waals surface area contributed by atoms with Gasteiger partial charge in [-0.25, -0.2) is 4.79 Å². The molecule has 1 heterocycles. The fraction of sp³-hybridized carbons (Fsp3) is 0.700. The van der Waals surface area contributed by atoms with E-state index >= 15 is 0 Å². The minimum absolute atomic E-state index is 0.0247. The van der Waals surface area contributed by atoms with Crippen molar-refractivity contribution in [1.82, 2.24) is 5.32 Å². The molecule has 0 fully saturated rings. The maximum Gasteiger partial charge on any atom is 0.353 e. The van der Waals surface area contributed by atoms with Crippen molar-refractivity contribution in [2.24, 2.45) is 5.16 Å². The molecule has 2 N–H and O–H groups in total. The Bertz CT molecular complexity index is 332. The van der Waals surface area contributed by atoms with Gasteiger partial charge >= 0.3 is 5.97 Å². The fourth-order valence-corrected chi connectivity index (χ4v) is 2.12. The Morgan fingerprint density at radius 2 is 2.41 bits per heavy atom. The number of amides is 1. The number of rotatable bonds is 6. The van der Waals surface area contributed by atoms with E-state index in [-0.39, 0.29) is 24.1 Å². The van der Waals surface area contributed by atoms with Crippen molar-refractivity contribution in [2.75, 3.05) is 12.0 Å². The molecule has 2 atom stereocenters. The van der Waals surface area contributed by atoms with Crippen LogP contribution in [0.3, 0.4) is 0 Å². The van der Waals surface area contributed by atoms with Gasteiger partial charge in [-0.2, -0.15) is 11.8 Å². The van der Waals surface area contributed by atoms with E-state index < -0.39 is 12.1 Å². The van der Waals surface area contributed by atoms with Crippen LogP contribution >= 0.6 is 11.8 Å². The average Bonchev–Trinajstić information content (AvgIpc) is 2.77. The maximum absolute atomic E-state index is 11.7. The zero-order valence-corrected chi connectivity index (χ0v) is 10.6. The van der Waals surface area contributed by atoms with E-state index in [0.717, 1.165) is 12.2 Å². The molecule has 1 rings (SSSR count). The SMILES string of the molecule is CCC(CSC)NC(=O)C1CC(C(=O)O)=NO1. The second-order valence-electron chi connectivity index (χ2n) is 3.71. The predicted molar refractivity (Wildman–Crippen MR) is 65.2 cm³/mol. The van der Waals surface area contributed by atoms with Crippen LogP contribution in [0, 0.1) is 0 Å². The molecule has 0 spiro atoms. The molecule has 0 bridgehead atoms. The van der Waals surface area contributed by atoms with Crippen molar-refractivity contribution in [3.8, 4) is 0 Å². The van der Waals surface area contributed by atoms with Gasteiger partial charge in [-0.3, -0.25) is 4.79 Å². The Hall–Kier alpha value is -1.24. The van der Waals surface area contributed by atoms with E-state index in [4.69, 9.17) is 9.94 Å². The van der Waals surface area contributed by atoms with Gasteiger partial charge in [0.15, 0.2) is 5.71 Å². The molecule has 17 heavy (non-hydrogen) atoms. The number of carbonyl (C=O) groups excluding carboxylic acids is 1. The number of hydrogen-bond acceptors (Lipinski definition) is 5. The number of carboxylic acids is 1. The maximum atomic E-state index is 11.7. The van der Waals surface area contributed by atoms with Gasteiger partial charge in [-0.05, 0) is 12.7 Å². The molecule has 1 aliphatic heterocycles. The summed E-state index contributed by atoms with van der Waals surface area (Å²) in [4.78, 5) is 27.2. The normalized spacial score (nSPS) is 20.4. The smallest absolute Gasteiger partial charge is 0.353 e.